The van der Waals surface area contributed by atoms with E-state index < -0.39 is 0 Å². The smallest absolute Gasteiger partial charge is 0.149 e. The lowest BCUT2D eigenvalue weighted by Gasteiger charge is -2.20. The molecule has 0 saturated heterocycles. The minimum absolute atomic E-state index is 0.0221. The van der Waals surface area contributed by atoms with Crippen LogP contribution in [-0.4, -0.2) is 15.3 Å². The molecule has 0 aliphatic carbocycles. The highest BCUT2D eigenvalue weighted by atomic mass is 19.1. The highest BCUT2D eigenvalue weighted by Gasteiger charge is 2.10. The third-order valence-corrected chi connectivity index (χ3v) is 2.79. The number of halogens is 1. The number of aromatic nitrogens is 2. The zero-order valence-corrected chi connectivity index (χ0v) is 11.9. The summed E-state index contributed by atoms with van der Waals surface area (Å²) in [5.74, 6) is -0.253. The predicted octanol–water partition coefficient (Wildman–Crippen LogP) is 3.21. The Morgan fingerprint density at radius 2 is 2.05 bits per heavy atom. The minimum atomic E-state index is -0.253. The number of hydrogen-bond acceptors (Lipinski definition) is 2. The average molecular weight is 261 g/mol. The molecule has 0 aliphatic heterocycles. The molecule has 0 unspecified atom stereocenters. The summed E-state index contributed by atoms with van der Waals surface area (Å²) in [6.45, 7) is 8.85. The average Bonchev–Trinajstić information content (AvgIpc) is 2.72. The van der Waals surface area contributed by atoms with Gasteiger partial charge in [0.05, 0.1) is 6.20 Å². The maximum atomic E-state index is 14.1. The standard InChI is InChI=1S/C15H20FN3/c1-11-8-18-19(10-11)14-6-5-12(7-13(14)16)9-17-15(2,3)4/h5-8,10,17H,9H2,1-4H3. The molecule has 2 rings (SSSR count). The second kappa shape index (κ2) is 5.13. The number of hydrogen-bond donors (Lipinski definition) is 1. The summed E-state index contributed by atoms with van der Waals surface area (Å²) < 4.78 is 15.6. The molecule has 102 valence electrons. The third kappa shape index (κ3) is 3.64. The fourth-order valence-corrected chi connectivity index (χ4v) is 1.76. The summed E-state index contributed by atoms with van der Waals surface area (Å²) in [6.07, 6.45) is 3.53. The van der Waals surface area contributed by atoms with Gasteiger partial charge in [-0.15, -0.1) is 0 Å². The lowest BCUT2D eigenvalue weighted by Crippen LogP contribution is -2.35. The van der Waals surface area contributed by atoms with Crippen molar-refractivity contribution in [2.24, 2.45) is 0 Å². The number of nitrogens with zero attached hydrogens (tertiary/aromatic N) is 2. The molecule has 0 radical (unpaired) electrons. The van der Waals surface area contributed by atoms with Crippen molar-refractivity contribution in [2.45, 2.75) is 39.8 Å². The molecule has 0 fully saturated rings. The molecule has 1 N–H and O–H groups in total. The fraction of sp³-hybridized carbons (Fsp3) is 0.400. The van der Waals surface area contributed by atoms with Crippen molar-refractivity contribution in [3.8, 4) is 5.69 Å². The molecule has 1 aromatic carbocycles. The summed E-state index contributed by atoms with van der Waals surface area (Å²) >= 11 is 0. The van der Waals surface area contributed by atoms with Crippen LogP contribution in [0, 0.1) is 12.7 Å². The van der Waals surface area contributed by atoms with Crippen LogP contribution in [0.25, 0.3) is 5.69 Å². The normalized spacial score (nSPS) is 11.8. The highest BCUT2D eigenvalue weighted by Crippen LogP contribution is 2.15. The zero-order chi connectivity index (χ0) is 14.0. The van der Waals surface area contributed by atoms with E-state index in [4.69, 9.17) is 0 Å². The van der Waals surface area contributed by atoms with Crippen LogP contribution in [0.4, 0.5) is 4.39 Å². The lowest BCUT2D eigenvalue weighted by molar-refractivity contribution is 0.423. The highest BCUT2D eigenvalue weighted by molar-refractivity contribution is 5.36. The molecule has 0 saturated carbocycles. The summed E-state index contributed by atoms with van der Waals surface area (Å²) in [6, 6.07) is 5.25. The molecule has 1 heterocycles. The second-order valence-electron chi connectivity index (χ2n) is 5.85. The van der Waals surface area contributed by atoms with Crippen LogP contribution in [0.15, 0.2) is 30.6 Å². The van der Waals surface area contributed by atoms with Gasteiger partial charge >= 0.3 is 0 Å². The van der Waals surface area contributed by atoms with Crippen LogP contribution >= 0.6 is 0 Å². The zero-order valence-electron chi connectivity index (χ0n) is 11.9. The molecule has 2 aromatic rings. The Labute approximate surface area is 113 Å². The van der Waals surface area contributed by atoms with Gasteiger partial charge in [0.1, 0.15) is 11.5 Å². The van der Waals surface area contributed by atoms with E-state index >= 15 is 0 Å². The Balaban J connectivity index is 2.18. The Morgan fingerprint density at radius 3 is 2.58 bits per heavy atom. The van der Waals surface area contributed by atoms with Crippen LogP contribution < -0.4 is 5.32 Å². The first kappa shape index (κ1) is 13.7. The van der Waals surface area contributed by atoms with Crippen molar-refractivity contribution in [2.75, 3.05) is 0 Å². The molecule has 0 aliphatic rings. The van der Waals surface area contributed by atoms with Crippen molar-refractivity contribution in [1.29, 1.82) is 0 Å². The molecule has 0 atom stereocenters. The summed E-state index contributed by atoms with van der Waals surface area (Å²) in [5, 5.41) is 7.46. The van der Waals surface area contributed by atoms with Gasteiger partial charge in [-0.05, 0) is 51.0 Å². The van der Waals surface area contributed by atoms with Gasteiger partial charge in [0, 0.05) is 18.3 Å². The molecule has 1 aromatic heterocycles. The van der Waals surface area contributed by atoms with E-state index in [1.807, 2.05) is 19.2 Å². The Morgan fingerprint density at radius 1 is 1.32 bits per heavy atom. The Kier molecular flexibility index (Phi) is 3.71. The summed E-state index contributed by atoms with van der Waals surface area (Å²) in [7, 11) is 0. The summed E-state index contributed by atoms with van der Waals surface area (Å²) in [4.78, 5) is 0. The van der Waals surface area contributed by atoms with Crippen LogP contribution in [0.5, 0.6) is 0 Å². The number of benzene rings is 1. The van der Waals surface area contributed by atoms with Crippen LogP contribution in [0.3, 0.4) is 0 Å². The van der Waals surface area contributed by atoms with Crippen molar-refractivity contribution in [3.63, 3.8) is 0 Å². The molecule has 3 nitrogen and oxygen atoms in total. The maximum absolute atomic E-state index is 14.1. The topological polar surface area (TPSA) is 29.9 Å². The fourth-order valence-electron chi connectivity index (χ4n) is 1.76. The third-order valence-electron chi connectivity index (χ3n) is 2.79. The van der Waals surface area contributed by atoms with Crippen LogP contribution in [0.2, 0.25) is 0 Å². The number of nitrogens with one attached hydrogen (secondary N) is 1. The Bertz CT molecular complexity index is 567. The maximum Gasteiger partial charge on any atom is 0.149 e. The first-order valence-corrected chi connectivity index (χ1v) is 6.40. The van der Waals surface area contributed by atoms with Gasteiger partial charge in [0.15, 0.2) is 0 Å². The predicted molar refractivity (Wildman–Crippen MR) is 74.9 cm³/mol. The first-order valence-electron chi connectivity index (χ1n) is 6.40. The molecule has 4 heteroatoms. The van der Waals surface area contributed by atoms with E-state index in [0.29, 0.717) is 12.2 Å². The Hall–Kier alpha value is -1.68. The molecule has 0 spiro atoms. The SMILES string of the molecule is Cc1cnn(-c2ccc(CNC(C)(C)C)cc2F)c1. The van der Waals surface area contributed by atoms with Gasteiger partial charge in [-0.1, -0.05) is 6.07 Å². The van der Waals surface area contributed by atoms with E-state index in [0.717, 1.165) is 11.1 Å². The summed E-state index contributed by atoms with van der Waals surface area (Å²) in [5.41, 5.74) is 2.44. The van der Waals surface area contributed by atoms with Crippen molar-refractivity contribution < 1.29 is 4.39 Å². The molecular weight excluding hydrogens is 241 g/mol. The first-order chi connectivity index (χ1) is 8.85. The molecule has 19 heavy (non-hydrogen) atoms. The van der Waals surface area contributed by atoms with Gasteiger partial charge in [-0.2, -0.15) is 5.10 Å². The quantitative estimate of drug-likeness (QED) is 0.919. The molecular formula is C15H20FN3. The van der Waals surface area contributed by atoms with Gasteiger partial charge in [-0.25, -0.2) is 9.07 Å². The molecule has 0 amide bonds. The van der Waals surface area contributed by atoms with Crippen molar-refractivity contribution in [1.82, 2.24) is 15.1 Å². The van der Waals surface area contributed by atoms with Gasteiger partial charge < -0.3 is 5.32 Å². The van der Waals surface area contributed by atoms with Gasteiger partial charge in [0.2, 0.25) is 0 Å². The molecule has 0 bridgehead atoms. The van der Waals surface area contributed by atoms with E-state index in [9.17, 15) is 4.39 Å². The van der Waals surface area contributed by atoms with E-state index in [2.05, 4.69) is 31.2 Å². The van der Waals surface area contributed by atoms with E-state index in [1.165, 1.54) is 0 Å². The largest absolute Gasteiger partial charge is 0.308 e. The van der Waals surface area contributed by atoms with Gasteiger partial charge in [0.25, 0.3) is 0 Å². The van der Waals surface area contributed by atoms with E-state index in [1.54, 1.807) is 23.0 Å². The minimum Gasteiger partial charge on any atom is -0.308 e. The van der Waals surface area contributed by atoms with E-state index in [-0.39, 0.29) is 11.4 Å². The number of aryl methyl sites for hydroxylation is 1. The van der Waals surface area contributed by atoms with Crippen molar-refractivity contribution in [3.05, 3.63) is 47.5 Å². The second-order valence-corrected chi connectivity index (χ2v) is 5.85. The monoisotopic (exact) mass is 261 g/mol. The van der Waals surface area contributed by atoms with Crippen LogP contribution in [0.1, 0.15) is 31.9 Å². The lowest BCUT2D eigenvalue weighted by atomic mass is 10.1. The van der Waals surface area contributed by atoms with Gasteiger partial charge in [-0.3, -0.25) is 0 Å². The van der Waals surface area contributed by atoms with Crippen molar-refractivity contribution >= 4 is 0 Å². The number of rotatable bonds is 3. The van der Waals surface area contributed by atoms with Crippen LogP contribution in [-0.2, 0) is 6.54 Å².